The SMILES string of the molecule is CCCCCCCCCCCCOC(=O)CC[C@H](NC(=O)CS(=O)(=O)O)C(=O)OCCCCCCCCCCCC. The third-order valence-electron chi connectivity index (χ3n) is 7.07. The third-order valence-corrected chi connectivity index (χ3v) is 7.70. The maximum Gasteiger partial charge on any atom is 0.328 e. The lowest BCUT2D eigenvalue weighted by atomic mass is 10.1. The van der Waals surface area contributed by atoms with Crippen LogP contribution in [0.1, 0.15) is 155 Å². The second-order valence-corrected chi connectivity index (χ2v) is 12.6. The predicted octanol–water partition coefficient (Wildman–Crippen LogP) is 7.07. The largest absolute Gasteiger partial charge is 0.466 e. The molecule has 1 atom stereocenters. The van der Waals surface area contributed by atoms with E-state index in [4.69, 9.17) is 14.0 Å². The summed E-state index contributed by atoms with van der Waals surface area (Å²) in [5.74, 6) is -3.42. The Balaban J connectivity index is 4.25. The summed E-state index contributed by atoms with van der Waals surface area (Å²) in [6.45, 7) is 4.91. The van der Waals surface area contributed by atoms with Gasteiger partial charge in [0.15, 0.2) is 5.75 Å². The van der Waals surface area contributed by atoms with Crippen LogP contribution in [0.2, 0.25) is 0 Å². The summed E-state index contributed by atoms with van der Waals surface area (Å²) in [6, 6.07) is -1.20. The average Bonchev–Trinajstić information content (AvgIpc) is 2.91. The highest BCUT2D eigenvalue weighted by molar-refractivity contribution is 7.86. The number of carbonyl (C=O) groups excluding carboxylic acids is 3. The Morgan fingerprint density at radius 1 is 0.634 bits per heavy atom. The lowest BCUT2D eigenvalue weighted by Crippen LogP contribution is -2.44. The van der Waals surface area contributed by atoms with Crippen molar-refractivity contribution in [3.8, 4) is 0 Å². The lowest BCUT2D eigenvalue weighted by molar-refractivity contribution is -0.149. The van der Waals surface area contributed by atoms with E-state index in [1.807, 2.05) is 0 Å². The van der Waals surface area contributed by atoms with E-state index in [2.05, 4.69) is 19.2 Å². The van der Waals surface area contributed by atoms with Gasteiger partial charge >= 0.3 is 11.9 Å². The van der Waals surface area contributed by atoms with Crippen LogP contribution in [0.25, 0.3) is 0 Å². The number of nitrogens with one attached hydrogen (secondary N) is 1. The maximum absolute atomic E-state index is 12.6. The zero-order valence-corrected chi connectivity index (χ0v) is 26.8. The molecule has 41 heavy (non-hydrogen) atoms. The Morgan fingerprint density at radius 3 is 1.44 bits per heavy atom. The van der Waals surface area contributed by atoms with Gasteiger partial charge in [-0.15, -0.1) is 0 Å². The van der Waals surface area contributed by atoms with Gasteiger partial charge in [0, 0.05) is 6.42 Å². The fraction of sp³-hybridized carbons (Fsp3) is 0.903. The highest BCUT2D eigenvalue weighted by atomic mass is 32.2. The molecule has 0 aromatic rings. The van der Waals surface area contributed by atoms with Crippen molar-refractivity contribution in [1.82, 2.24) is 5.32 Å². The van der Waals surface area contributed by atoms with E-state index in [-0.39, 0.29) is 19.4 Å². The summed E-state index contributed by atoms with van der Waals surface area (Å²) in [4.78, 5) is 36.7. The van der Waals surface area contributed by atoms with Crippen molar-refractivity contribution >= 4 is 28.0 Å². The van der Waals surface area contributed by atoms with Crippen molar-refractivity contribution in [2.45, 2.75) is 161 Å². The van der Waals surface area contributed by atoms with E-state index >= 15 is 0 Å². The summed E-state index contributed by atoms with van der Waals surface area (Å²) in [7, 11) is -4.55. The zero-order chi connectivity index (χ0) is 30.6. The molecule has 0 aromatic carbocycles. The van der Waals surface area contributed by atoms with Crippen LogP contribution in [0.15, 0.2) is 0 Å². The third kappa shape index (κ3) is 28.2. The number of rotatable bonds is 29. The first kappa shape index (κ1) is 39.3. The Morgan fingerprint density at radius 2 is 1.02 bits per heavy atom. The van der Waals surface area contributed by atoms with Crippen molar-refractivity contribution < 1.29 is 36.8 Å². The monoisotopic (exact) mass is 605 g/mol. The number of unbranched alkanes of at least 4 members (excludes halogenated alkanes) is 18. The van der Waals surface area contributed by atoms with Crippen LogP contribution < -0.4 is 5.32 Å². The highest BCUT2D eigenvalue weighted by Gasteiger charge is 2.25. The van der Waals surface area contributed by atoms with Gasteiger partial charge in [0.2, 0.25) is 5.91 Å². The van der Waals surface area contributed by atoms with E-state index in [1.54, 1.807) is 0 Å². The number of carbonyl (C=O) groups is 3. The number of amides is 1. The van der Waals surface area contributed by atoms with Crippen LogP contribution in [0, 0.1) is 0 Å². The van der Waals surface area contributed by atoms with Crippen LogP contribution in [0.5, 0.6) is 0 Å². The topological polar surface area (TPSA) is 136 Å². The van der Waals surface area contributed by atoms with Crippen molar-refractivity contribution in [1.29, 1.82) is 0 Å². The first-order valence-corrected chi connectivity index (χ1v) is 17.9. The van der Waals surface area contributed by atoms with Crippen LogP contribution >= 0.6 is 0 Å². The van der Waals surface area contributed by atoms with Crippen LogP contribution in [0.4, 0.5) is 0 Å². The van der Waals surface area contributed by atoms with E-state index in [0.29, 0.717) is 13.0 Å². The fourth-order valence-corrected chi connectivity index (χ4v) is 5.04. The molecule has 0 aliphatic rings. The summed E-state index contributed by atoms with van der Waals surface area (Å²) < 4.78 is 41.5. The van der Waals surface area contributed by atoms with E-state index < -0.39 is 39.8 Å². The molecule has 2 N–H and O–H groups in total. The van der Waals surface area contributed by atoms with Gasteiger partial charge in [0.25, 0.3) is 10.1 Å². The van der Waals surface area contributed by atoms with Crippen molar-refractivity contribution in [2.75, 3.05) is 19.0 Å². The molecule has 242 valence electrons. The van der Waals surface area contributed by atoms with Gasteiger partial charge in [-0.2, -0.15) is 8.42 Å². The minimum atomic E-state index is -4.55. The lowest BCUT2D eigenvalue weighted by Gasteiger charge is -2.17. The van der Waals surface area contributed by atoms with Crippen LogP contribution in [-0.2, 0) is 34.0 Å². The maximum atomic E-state index is 12.6. The second-order valence-electron chi connectivity index (χ2n) is 11.1. The van der Waals surface area contributed by atoms with Crippen molar-refractivity contribution in [2.24, 2.45) is 0 Å². The van der Waals surface area contributed by atoms with Gasteiger partial charge < -0.3 is 14.8 Å². The molecule has 1 amide bonds. The molecule has 0 spiro atoms. The Labute approximate surface area is 250 Å². The quantitative estimate of drug-likeness (QED) is 0.0525. The summed E-state index contributed by atoms with van der Waals surface area (Å²) in [5.41, 5.74) is 0. The molecule has 0 heterocycles. The molecule has 0 rings (SSSR count). The summed E-state index contributed by atoms with van der Waals surface area (Å²) in [5, 5.41) is 2.27. The Hall–Kier alpha value is -1.68. The normalized spacial score (nSPS) is 12.2. The molecule has 0 unspecified atom stereocenters. The molecule has 0 saturated heterocycles. The Kier molecular flexibility index (Phi) is 26.1. The average molecular weight is 606 g/mol. The molecule has 0 bridgehead atoms. The number of hydrogen-bond donors (Lipinski definition) is 2. The molecule has 10 heteroatoms. The summed E-state index contributed by atoms with van der Waals surface area (Å²) >= 11 is 0. The predicted molar refractivity (Wildman–Crippen MR) is 163 cm³/mol. The molecular weight excluding hydrogens is 546 g/mol. The van der Waals surface area contributed by atoms with Crippen LogP contribution in [0.3, 0.4) is 0 Å². The zero-order valence-electron chi connectivity index (χ0n) is 26.0. The van der Waals surface area contributed by atoms with Gasteiger partial charge in [-0.25, -0.2) is 4.79 Å². The molecule has 0 radical (unpaired) electrons. The van der Waals surface area contributed by atoms with Gasteiger partial charge in [-0.1, -0.05) is 129 Å². The molecule has 0 aromatic heterocycles. The number of hydrogen-bond acceptors (Lipinski definition) is 7. The smallest absolute Gasteiger partial charge is 0.328 e. The van der Waals surface area contributed by atoms with Gasteiger partial charge in [-0.05, 0) is 19.3 Å². The first-order valence-electron chi connectivity index (χ1n) is 16.3. The molecular formula is C31H59NO8S. The van der Waals surface area contributed by atoms with Crippen molar-refractivity contribution in [3.63, 3.8) is 0 Å². The number of esters is 2. The van der Waals surface area contributed by atoms with Crippen LogP contribution in [-0.4, -0.2) is 55.8 Å². The Bertz CT molecular complexity index is 772. The van der Waals surface area contributed by atoms with Gasteiger partial charge in [0.1, 0.15) is 6.04 Å². The summed E-state index contributed by atoms with van der Waals surface area (Å²) in [6.07, 6.45) is 23.0. The van der Waals surface area contributed by atoms with Gasteiger partial charge in [0.05, 0.1) is 13.2 Å². The minimum Gasteiger partial charge on any atom is -0.466 e. The fourth-order valence-electron chi connectivity index (χ4n) is 4.62. The number of ether oxygens (including phenoxy) is 2. The van der Waals surface area contributed by atoms with E-state index in [1.165, 1.54) is 83.5 Å². The molecule has 0 fully saturated rings. The van der Waals surface area contributed by atoms with Gasteiger partial charge in [-0.3, -0.25) is 14.1 Å². The van der Waals surface area contributed by atoms with E-state index in [0.717, 1.165) is 38.5 Å². The molecule has 0 aliphatic carbocycles. The standard InChI is InChI=1S/C31H59NO8S/c1-3-5-7-9-11-13-15-17-19-21-25-39-30(34)24-23-28(32-29(33)27-41(36,37)38)31(35)40-26-22-20-18-16-14-12-10-8-6-4-2/h28H,3-27H2,1-2H3,(H,32,33)(H,36,37,38)/t28-/m0/s1. The first-order chi connectivity index (χ1) is 19.7. The van der Waals surface area contributed by atoms with E-state index in [9.17, 15) is 22.8 Å². The van der Waals surface area contributed by atoms with Crippen molar-refractivity contribution in [3.05, 3.63) is 0 Å². The second kappa shape index (κ2) is 27.2. The molecule has 0 saturated carbocycles. The molecule has 0 aliphatic heterocycles. The highest BCUT2D eigenvalue weighted by Crippen LogP contribution is 2.12. The molecule has 9 nitrogen and oxygen atoms in total. The minimum absolute atomic E-state index is 0.0784.